The summed E-state index contributed by atoms with van der Waals surface area (Å²) in [7, 11) is 0. The normalized spacial score (nSPS) is 10.4. The Morgan fingerprint density at radius 3 is 1.86 bits per heavy atom. The number of carbonyl (C=O) groups is 2. The lowest BCUT2D eigenvalue weighted by Crippen LogP contribution is -2.12. The molecular formula is C18H18O4. The van der Waals surface area contributed by atoms with Crippen LogP contribution in [0.2, 0.25) is 0 Å². The molecule has 2 aromatic carbocycles. The van der Waals surface area contributed by atoms with Gasteiger partial charge in [-0.3, -0.25) is 0 Å². The molecule has 0 atom stereocenters. The maximum absolute atomic E-state index is 12.0. The lowest BCUT2D eigenvalue weighted by Gasteiger charge is -2.08. The minimum absolute atomic E-state index is 0.174. The summed E-state index contributed by atoms with van der Waals surface area (Å²) in [5.74, 6) is -0.449. The van der Waals surface area contributed by atoms with E-state index in [2.05, 4.69) is 0 Å². The third kappa shape index (κ3) is 4.19. The molecule has 0 aliphatic heterocycles. The van der Waals surface area contributed by atoms with Crippen LogP contribution in [0.15, 0.2) is 48.5 Å². The van der Waals surface area contributed by atoms with Crippen molar-refractivity contribution >= 4 is 11.9 Å². The summed E-state index contributed by atoms with van der Waals surface area (Å²) in [6.07, 6.45) is -0.174. The number of aryl methyl sites for hydroxylation is 1. The second-order valence-corrected chi connectivity index (χ2v) is 5.23. The zero-order valence-corrected chi connectivity index (χ0v) is 12.8. The standard InChI is InChI=1S/C18H18O4/c1-12(2)21-17(19)15-8-10-16(11-9-15)22-18(20)14-6-4-13(3)5-7-14/h4-12H,1-3H3. The molecule has 4 heteroatoms. The van der Waals surface area contributed by atoms with Crippen LogP contribution in [0, 0.1) is 6.92 Å². The fourth-order valence-corrected chi connectivity index (χ4v) is 1.80. The molecule has 0 spiro atoms. The first-order valence-corrected chi connectivity index (χ1v) is 7.05. The summed E-state index contributed by atoms with van der Waals surface area (Å²) in [6.45, 7) is 5.52. The van der Waals surface area contributed by atoms with Gasteiger partial charge in [0.25, 0.3) is 0 Å². The summed E-state index contributed by atoms with van der Waals surface area (Å²) < 4.78 is 10.4. The van der Waals surface area contributed by atoms with Gasteiger partial charge < -0.3 is 9.47 Å². The fraction of sp³-hybridized carbons (Fsp3) is 0.222. The Balaban J connectivity index is 2.03. The molecule has 114 valence electrons. The van der Waals surface area contributed by atoms with Crippen LogP contribution in [0.1, 0.15) is 40.1 Å². The molecule has 0 heterocycles. The monoisotopic (exact) mass is 298 g/mol. The lowest BCUT2D eigenvalue weighted by molar-refractivity contribution is 0.0378. The number of esters is 2. The van der Waals surface area contributed by atoms with Crippen LogP contribution in [-0.4, -0.2) is 18.0 Å². The second kappa shape index (κ2) is 6.89. The summed E-state index contributed by atoms with van der Waals surface area (Å²) in [5, 5.41) is 0. The smallest absolute Gasteiger partial charge is 0.343 e. The molecule has 0 aliphatic rings. The Bertz CT molecular complexity index is 654. The first-order chi connectivity index (χ1) is 10.5. The quantitative estimate of drug-likeness (QED) is 0.636. The van der Waals surface area contributed by atoms with Crippen molar-refractivity contribution in [3.63, 3.8) is 0 Å². The molecule has 0 fully saturated rings. The van der Waals surface area contributed by atoms with Crippen molar-refractivity contribution in [2.75, 3.05) is 0 Å². The van der Waals surface area contributed by atoms with Gasteiger partial charge in [0.05, 0.1) is 17.2 Å². The molecule has 2 aromatic rings. The van der Waals surface area contributed by atoms with Crippen molar-refractivity contribution in [3.05, 3.63) is 65.2 Å². The van der Waals surface area contributed by atoms with Gasteiger partial charge in [0.2, 0.25) is 0 Å². The molecule has 0 unspecified atom stereocenters. The number of hydrogen-bond acceptors (Lipinski definition) is 4. The summed E-state index contributed by atoms with van der Waals surface area (Å²) in [5.41, 5.74) is 1.97. The maximum Gasteiger partial charge on any atom is 0.343 e. The molecule has 2 rings (SSSR count). The SMILES string of the molecule is Cc1ccc(C(=O)Oc2ccc(C(=O)OC(C)C)cc2)cc1. The van der Waals surface area contributed by atoms with E-state index >= 15 is 0 Å². The number of benzene rings is 2. The van der Waals surface area contributed by atoms with Gasteiger partial charge in [-0.25, -0.2) is 9.59 Å². The van der Waals surface area contributed by atoms with E-state index in [4.69, 9.17) is 9.47 Å². The number of ether oxygens (including phenoxy) is 2. The van der Waals surface area contributed by atoms with Crippen molar-refractivity contribution < 1.29 is 19.1 Å². The van der Waals surface area contributed by atoms with Crippen LogP contribution >= 0.6 is 0 Å². The fourth-order valence-electron chi connectivity index (χ4n) is 1.80. The van der Waals surface area contributed by atoms with E-state index in [1.165, 1.54) is 0 Å². The van der Waals surface area contributed by atoms with Crippen molar-refractivity contribution in [2.24, 2.45) is 0 Å². The van der Waals surface area contributed by atoms with Gasteiger partial charge in [0, 0.05) is 0 Å². The Labute approximate surface area is 129 Å². The maximum atomic E-state index is 12.0. The first-order valence-electron chi connectivity index (χ1n) is 7.05. The van der Waals surface area contributed by atoms with Gasteiger partial charge in [0.1, 0.15) is 5.75 Å². The van der Waals surface area contributed by atoms with Crippen LogP contribution in [0.5, 0.6) is 5.75 Å². The van der Waals surface area contributed by atoms with E-state index in [1.807, 2.05) is 19.1 Å². The number of hydrogen-bond donors (Lipinski definition) is 0. The van der Waals surface area contributed by atoms with Gasteiger partial charge in [-0.1, -0.05) is 17.7 Å². The van der Waals surface area contributed by atoms with Crippen LogP contribution in [0.4, 0.5) is 0 Å². The summed E-state index contributed by atoms with van der Waals surface area (Å²) in [4.78, 5) is 23.7. The van der Waals surface area contributed by atoms with E-state index in [1.54, 1.807) is 50.2 Å². The Kier molecular flexibility index (Phi) is 4.94. The van der Waals surface area contributed by atoms with Crippen LogP contribution < -0.4 is 4.74 Å². The van der Waals surface area contributed by atoms with Crippen molar-refractivity contribution in [3.8, 4) is 5.75 Å². The van der Waals surface area contributed by atoms with Crippen LogP contribution in [-0.2, 0) is 4.74 Å². The Morgan fingerprint density at radius 2 is 1.32 bits per heavy atom. The van der Waals surface area contributed by atoms with Crippen molar-refractivity contribution in [1.29, 1.82) is 0 Å². The molecule has 0 saturated carbocycles. The largest absolute Gasteiger partial charge is 0.459 e. The molecular weight excluding hydrogens is 280 g/mol. The molecule has 0 saturated heterocycles. The topological polar surface area (TPSA) is 52.6 Å². The zero-order valence-electron chi connectivity index (χ0n) is 12.8. The average Bonchev–Trinajstić information content (AvgIpc) is 2.48. The zero-order chi connectivity index (χ0) is 16.1. The van der Waals surface area contributed by atoms with Gasteiger partial charge >= 0.3 is 11.9 Å². The van der Waals surface area contributed by atoms with E-state index < -0.39 is 11.9 Å². The molecule has 0 aromatic heterocycles. The van der Waals surface area contributed by atoms with Gasteiger partial charge in [-0.05, 0) is 57.2 Å². The Morgan fingerprint density at radius 1 is 0.818 bits per heavy atom. The third-order valence-electron chi connectivity index (χ3n) is 2.93. The lowest BCUT2D eigenvalue weighted by atomic mass is 10.1. The molecule has 0 N–H and O–H groups in total. The van der Waals surface area contributed by atoms with E-state index in [-0.39, 0.29) is 6.10 Å². The predicted octanol–water partition coefficient (Wildman–Crippen LogP) is 3.78. The third-order valence-corrected chi connectivity index (χ3v) is 2.93. The summed E-state index contributed by atoms with van der Waals surface area (Å²) >= 11 is 0. The van der Waals surface area contributed by atoms with E-state index in [0.717, 1.165) is 5.56 Å². The highest BCUT2D eigenvalue weighted by atomic mass is 16.5. The molecule has 0 aliphatic carbocycles. The first kappa shape index (κ1) is 15.8. The highest BCUT2D eigenvalue weighted by Crippen LogP contribution is 2.15. The number of rotatable bonds is 4. The average molecular weight is 298 g/mol. The Hall–Kier alpha value is -2.62. The number of carbonyl (C=O) groups excluding carboxylic acids is 2. The van der Waals surface area contributed by atoms with Crippen LogP contribution in [0.3, 0.4) is 0 Å². The molecule has 0 amide bonds. The second-order valence-electron chi connectivity index (χ2n) is 5.23. The summed E-state index contributed by atoms with van der Waals surface area (Å²) in [6, 6.07) is 13.4. The van der Waals surface area contributed by atoms with Crippen LogP contribution in [0.25, 0.3) is 0 Å². The minimum atomic E-state index is -0.433. The van der Waals surface area contributed by atoms with Crippen molar-refractivity contribution in [2.45, 2.75) is 26.9 Å². The van der Waals surface area contributed by atoms with Gasteiger partial charge in [-0.15, -0.1) is 0 Å². The van der Waals surface area contributed by atoms with Crippen molar-refractivity contribution in [1.82, 2.24) is 0 Å². The van der Waals surface area contributed by atoms with E-state index in [9.17, 15) is 9.59 Å². The molecule has 22 heavy (non-hydrogen) atoms. The van der Waals surface area contributed by atoms with Gasteiger partial charge in [0.15, 0.2) is 0 Å². The van der Waals surface area contributed by atoms with Gasteiger partial charge in [-0.2, -0.15) is 0 Å². The predicted molar refractivity (Wildman–Crippen MR) is 83.1 cm³/mol. The highest BCUT2D eigenvalue weighted by molar-refractivity contribution is 5.92. The molecule has 0 radical (unpaired) electrons. The minimum Gasteiger partial charge on any atom is -0.459 e. The highest BCUT2D eigenvalue weighted by Gasteiger charge is 2.11. The molecule has 0 bridgehead atoms. The molecule has 4 nitrogen and oxygen atoms in total. The van der Waals surface area contributed by atoms with E-state index in [0.29, 0.717) is 16.9 Å².